The minimum absolute atomic E-state index is 0.518. The minimum atomic E-state index is -1.52. The molecule has 16 heavy (non-hydrogen) atoms. The molecule has 94 valence electrons. The van der Waals surface area contributed by atoms with Crippen LogP contribution in [0.5, 0.6) is 0 Å². The number of nitrogens with one attached hydrogen (secondary N) is 1. The topological polar surface area (TPSA) is 30.5 Å². The summed E-state index contributed by atoms with van der Waals surface area (Å²) in [7, 11) is 2.09. The lowest BCUT2D eigenvalue weighted by Gasteiger charge is -2.46. The van der Waals surface area contributed by atoms with Crippen LogP contribution in [0, 0.1) is 17.8 Å². The van der Waals surface area contributed by atoms with E-state index in [1.165, 1.54) is 25.7 Å². The zero-order valence-electron chi connectivity index (χ0n) is 10.7. The van der Waals surface area contributed by atoms with E-state index in [0.29, 0.717) is 5.67 Å². The van der Waals surface area contributed by atoms with Crippen LogP contribution in [-0.4, -0.2) is 35.7 Å². The van der Waals surface area contributed by atoms with E-state index in [9.17, 15) is 0 Å². The highest BCUT2D eigenvalue weighted by atomic mass is 28.3. The lowest BCUT2D eigenvalue weighted by atomic mass is 9.70. The summed E-state index contributed by atoms with van der Waals surface area (Å²) < 4.78 is 11.2. The Morgan fingerprint density at radius 1 is 1.12 bits per heavy atom. The maximum absolute atomic E-state index is 5.59. The van der Waals surface area contributed by atoms with Crippen molar-refractivity contribution in [2.75, 3.05) is 20.8 Å². The van der Waals surface area contributed by atoms with Gasteiger partial charge in [0, 0.05) is 14.2 Å². The van der Waals surface area contributed by atoms with Gasteiger partial charge in [0.2, 0.25) is 0 Å². The summed E-state index contributed by atoms with van der Waals surface area (Å²) in [6.07, 6.45) is 5.57. The fraction of sp³-hybridized carbons (Fsp3) is 1.00. The summed E-state index contributed by atoms with van der Waals surface area (Å²) in [5.41, 5.74) is 0.518. The van der Waals surface area contributed by atoms with Gasteiger partial charge < -0.3 is 14.2 Å². The van der Waals surface area contributed by atoms with Crippen LogP contribution in [0.25, 0.3) is 0 Å². The van der Waals surface area contributed by atoms with Crippen LogP contribution in [0.15, 0.2) is 0 Å². The van der Waals surface area contributed by atoms with Crippen LogP contribution in [0.2, 0.25) is 0 Å². The molecule has 1 saturated carbocycles. The molecule has 2 rings (SSSR count). The second-order valence-corrected chi connectivity index (χ2v) is 7.75. The van der Waals surface area contributed by atoms with Crippen molar-refractivity contribution >= 4 is 9.28 Å². The number of rotatable bonds is 3. The Kier molecular flexibility index (Phi) is 4.41. The third kappa shape index (κ3) is 2.35. The van der Waals surface area contributed by atoms with Gasteiger partial charge in [-0.2, -0.15) is 0 Å². The van der Waals surface area contributed by atoms with Crippen LogP contribution in [0.4, 0.5) is 0 Å². The molecule has 4 atom stereocenters. The van der Waals surface area contributed by atoms with E-state index in [0.717, 1.165) is 24.3 Å². The average Bonchev–Trinajstić information content (AvgIpc) is 2.31. The van der Waals surface area contributed by atoms with Gasteiger partial charge in [-0.25, -0.2) is 0 Å². The number of piperidine rings is 1. The molecule has 1 heterocycles. The Bertz CT molecular complexity index is 221. The first-order chi connectivity index (χ1) is 7.77. The third-order valence-electron chi connectivity index (χ3n) is 4.50. The maximum Gasteiger partial charge on any atom is 0.338 e. The standard InChI is InChI=1S/C12H25NO2Si/c1-9-5-4-6-10-7-8-13-12(11(9)10)16(14-2)15-3/h9-13,16H,4-8H2,1-3H3. The van der Waals surface area contributed by atoms with Gasteiger partial charge in [-0.3, -0.25) is 0 Å². The average molecular weight is 243 g/mol. The normalized spacial score (nSPS) is 39.8. The Labute approximate surface area is 101 Å². The first-order valence-electron chi connectivity index (χ1n) is 6.57. The molecule has 2 aliphatic rings. The van der Waals surface area contributed by atoms with E-state index < -0.39 is 9.28 Å². The van der Waals surface area contributed by atoms with E-state index in [-0.39, 0.29) is 0 Å². The Balaban J connectivity index is 2.10. The summed E-state index contributed by atoms with van der Waals surface area (Å²) in [4.78, 5) is 0. The minimum Gasteiger partial charge on any atom is -0.399 e. The Hall–Kier alpha value is 0.0969. The number of hydrogen-bond donors (Lipinski definition) is 1. The van der Waals surface area contributed by atoms with Gasteiger partial charge in [-0.15, -0.1) is 0 Å². The second-order valence-electron chi connectivity index (χ2n) is 5.35. The van der Waals surface area contributed by atoms with Gasteiger partial charge in [0.25, 0.3) is 0 Å². The van der Waals surface area contributed by atoms with Crippen molar-refractivity contribution in [1.82, 2.24) is 5.32 Å². The van der Waals surface area contributed by atoms with E-state index in [4.69, 9.17) is 8.85 Å². The van der Waals surface area contributed by atoms with Gasteiger partial charge in [0.15, 0.2) is 0 Å². The lowest BCUT2D eigenvalue weighted by molar-refractivity contribution is 0.0908. The van der Waals surface area contributed by atoms with Crippen molar-refractivity contribution < 1.29 is 8.85 Å². The molecule has 0 radical (unpaired) electrons. The number of hydrogen-bond acceptors (Lipinski definition) is 3. The molecule has 1 aliphatic heterocycles. The van der Waals surface area contributed by atoms with Gasteiger partial charge in [0.1, 0.15) is 0 Å². The molecule has 1 aliphatic carbocycles. The molecule has 0 aromatic carbocycles. The predicted octanol–water partition coefficient (Wildman–Crippen LogP) is 1.45. The molecule has 0 bridgehead atoms. The molecular weight excluding hydrogens is 218 g/mol. The number of fused-ring (bicyclic) bond motifs is 1. The van der Waals surface area contributed by atoms with E-state index in [1.54, 1.807) is 14.2 Å². The second kappa shape index (κ2) is 5.62. The molecule has 1 N–H and O–H groups in total. The smallest absolute Gasteiger partial charge is 0.338 e. The molecular formula is C12H25NO2Si. The first kappa shape index (κ1) is 12.6. The van der Waals surface area contributed by atoms with Gasteiger partial charge in [0.05, 0.1) is 5.67 Å². The van der Waals surface area contributed by atoms with E-state index in [1.807, 2.05) is 0 Å². The molecule has 2 fully saturated rings. The van der Waals surface area contributed by atoms with Gasteiger partial charge >= 0.3 is 9.28 Å². The fourth-order valence-electron chi connectivity index (χ4n) is 3.77. The summed E-state index contributed by atoms with van der Waals surface area (Å²) >= 11 is 0. The van der Waals surface area contributed by atoms with Gasteiger partial charge in [-0.05, 0) is 30.7 Å². The quantitative estimate of drug-likeness (QED) is 0.761. The predicted molar refractivity (Wildman–Crippen MR) is 67.6 cm³/mol. The van der Waals surface area contributed by atoms with Gasteiger partial charge in [-0.1, -0.05) is 26.2 Å². The fourth-order valence-corrected chi connectivity index (χ4v) is 5.97. The highest BCUT2D eigenvalue weighted by Gasteiger charge is 2.43. The molecule has 1 saturated heterocycles. The van der Waals surface area contributed by atoms with Crippen molar-refractivity contribution in [3.05, 3.63) is 0 Å². The molecule has 4 heteroatoms. The van der Waals surface area contributed by atoms with Crippen molar-refractivity contribution in [3.8, 4) is 0 Å². The van der Waals surface area contributed by atoms with Crippen LogP contribution in [0.3, 0.4) is 0 Å². The molecule has 4 unspecified atom stereocenters. The molecule has 3 nitrogen and oxygen atoms in total. The van der Waals surface area contributed by atoms with E-state index in [2.05, 4.69) is 12.2 Å². The monoisotopic (exact) mass is 243 g/mol. The third-order valence-corrected chi connectivity index (χ3v) is 6.70. The van der Waals surface area contributed by atoms with Crippen LogP contribution >= 0.6 is 0 Å². The Morgan fingerprint density at radius 2 is 1.88 bits per heavy atom. The molecule has 0 aromatic rings. The summed E-state index contributed by atoms with van der Waals surface area (Å²) in [5.74, 6) is 2.53. The largest absolute Gasteiger partial charge is 0.399 e. The summed E-state index contributed by atoms with van der Waals surface area (Å²) in [6.45, 7) is 3.56. The highest BCUT2D eigenvalue weighted by Crippen LogP contribution is 2.41. The van der Waals surface area contributed by atoms with Crippen molar-refractivity contribution in [3.63, 3.8) is 0 Å². The van der Waals surface area contributed by atoms with Crippen LogP contribution in [-0.2, 0) is 8.85 Å². The Morgan fingerprint density at radius 3 is 2.56 bits per heavy atom. The van der Waals surface area contributed by atoms with Crippen molar-refractivity contribution in [1.29, 1.82) is 0 Å². The highest BCUT2D eigenvalue weighted by molar-refractivity contribution is 6.46. The van der Waals surface area contributed by atoms with Crippen molar-refractivity contribution in [2.45, 2.75) is 38.3 Å². The molecule has 0 spiro atoms. The maximum atomic E-state index is 5.59. The zero-order valence-corrected chi connectivity index (χ0v) is 11.9. The summed E-state index contributed by atoms with van der Waals surface area (Å²) in [6, 6.07) is 0. The zero-order chi connectivity index (χ0) is 11.5. The lowest BCUT2D eigenvalue weighted by Crippen LogP contribution is -2.58. The first-order valence-corrected chi connectivity index (χ1v) is 8.18. The SMILES string of the molecule is CO[SiH](OC)C1NCCC2CCCC(C)C21. The van der Waals surface area contributed by atoms with E-state index >= 15 is 0 Å². The molecule has 0 aromatic heterocycles. The molecule has 0 amide bonds. The van der Waals surface area contributed by atoms with Crippen molar-refractivity contribution in [2.24, 2.45) is 17.8 Å². The van der Waals surface area contributed by atoms with Crippen LogP contribution in [0.1, 0.15) is 32.6 Å². The summed E-state index contributed by atoms with van der Waals surface area (Å²) in [5, 5.41) is 3.66. The van der Waals surface area contributed by atoms with Crippen LogP contribution < -0.4 is 5.32 Å².